The molecule has 0 saturated heterocycles. The first-order valence-corrected chi connectivity index (χ1v) is 14.1. The zero-order valence-corrected chi connectivity index (χ0v) is 22.2. The second-order valence-corrected chi connectivity index (χ2v) is 12.3. The minimum Gasteiger partial charge on any atom is -0.383 e. The van der Waals surface area contributed by atoms with E-state index in [1.807, 2.05) is 5.38 Å². The number of thiazole rings is 1. The maximum Gasteiger partial charge on any atom is 0.417 e. The molecule has 2 aliphatic carbocycles. The van der Waals surface area contributed by atoms with Crippen molar-refractivity contribution in [3.05, 3.63) is 45.7 Å². The first kappa shape index (κ1) is 26.6. The molecule has 202 valence electrons. The zero-order chi connectivity index (χ0) is 26.4. The Labute approximate surface area is 219 Å². The van der Waals surface area contributed by atoms with Crippen LogP contribution in [0.15, 0.2) is 23.8 Å². The van der Waals surface area contributed by atoms with E-state index < -0.39 is 22.8 Å². The van der Waals surface area contributed by atoms with E-state index >= 15 is 0 Å². The normalized spacial score (nSPS) is 30.5. The van der Waals surface area contributed by atoms with Crippen LogP contribution in [0.5, 0.6) is 0 Å². The number of rotatable bonds is 5. The molecular weight excluding hydrogens is 501 g/mol. The van der Waals surface area contributed by atoms with Crippen molar-refractivity contribution < 1.29 is 23.1 Å². The summed E-state index contributed by atoms with van der Waals surface area (Å²) in [4.78, 5) is 24.0. The lowest BCUT2D eigenvalue weighted by Crippen LogP contribution is -2.49. The summed E-state index contributed by atoms with van der Waals surface area (Å²) in [7, 11) is 0. The molecule has 0 bridgehead atoms. The number of carbonyl (C=O) groups excluding carboxylic acids is 1. The molecule has 2 fully saturated rings. The van der Waals surface area contributed by atoms with Crippen molar-refractivity contribution in [2.24, 2.45) is 11.3 Å². The molecule has 10 heteroatoms. The maximum atomic E-state index is 13.9. The summed E-state index contributed by atoms with van der Waals surface area (Å²) >= 11 is 1.50. The van der Waals surface area contributed by atoms with Crippen LogP contribution >= 0.6 is 11.3 Å². The Kier molecular flexibility index (Phi) is 7.13. The average molecular weight is 537 g/mol. The van der Waals surface area contributed by atoms with E-state index in [9.17, 15) is 23.1 Å². The smallest absolute Gasteiger partial charge is 0.383 e. The molecule has 2 N–H and O–H groups in total. The molecule has 0 radical (unpaired) electrons. The molecule has 3 aliphatic rings. The molecule has 2 saturated carbocycles. The molecule has 2 aromatic rings. The van der Waals surface area contributed by atoms with Crippen molar-refractivity contribution in [3.8, 4) is 0 Å². The summed E-state index contributed by atoms with van der Waals surface area (Å²) in [6.07, 6.45) is 4.06. The van der Waals surface area contributed by atoms with E-state index in [0.717, 1.165) is 49.4 Å². The monoisotopic (exact) mass is 536 g/mol. The quantitative estimate of drug-likeness (QED) is 0.559. The summed E-state index contributed by atoms with van der Waals surface area (Å²) in [6, 6.07) is 1.65. The highest BCUT2D eigenvalue weighted by Crippen LogP contribution is 2.47. The topological polar surface area (TPSA) is 78.4 Å². The fourth-order valence-electron chi connectivity index (χ4n) is 6.52. The van der Waals surface area contributed by atoms with Gasteiger partial charge in [-0.1, -0.05) is 13.8 Å². The van der Waals surface area contributed by atoms with Crippen LogP contribution in [0.4, 0.5) is 13.2 Å². The highest BCUT2D eigenvalue weighted by molar-refractivity contribution is 7.09. The lowest BCUT2D eigenvalue weighted by molar-refractivity contribution is -0.146. The van der Waals surface area contributed by atoms with E-state index in [-0.39, 0.29) is 30.5 Å². The number of carbonyl (C=O) groups is 1. The number of amides is 1. The predicted molar refractivity (Wildman–Crippen MR) is 135 cm³/mol. The Bertz CT molecular complexity index is 1120. The Hall–Kier alpha value is -2.04. The van der Waals surface area contributed by atoms with Crippen molar-refractivity contribution in [2.45, 2.75) is 95.6 Å². The third-order valence-electron chi connectivity index (χ3n) is 8.85. The highest BCUT2D eigenvalue weighted by Gasteiger charge is 2.50. The number of hydrogen-bond acceptors (Lipinski definition) is 6. The van der Waals surface area contributed by atoms with Gasteiger partial charge in [0.05, 0.1) is 11.0 Å². The van der Waals surface area contributed by atoms with Crippen molar-refractivity contribution in [1.29, 1.82) is 0 Å². The number of aromatic nitrogens is 2. The van der Waals surface area contributed by atoms with Crippen molar-refractivity contribution in [1.82, 2.24) is 20.2 Å². The zero-order valence-electron chi connectivity index (χ0n) is 21.4. The Morgan fingerprint density at radius 3 is 2.57 bits per heavy atom. The molecular formula is C27H35F3N4O2S. The summed E-state index contributed by atoms with van der Waals surface area (Å²) in [5.41, 5.74) is -0.989. The lowest BCUT2D eigenvalue weighted by atomic mass is 9.73. The summed E-state index contributed by atoms with van der Waals surface area (Å²) < 4.78 is 39.7. The largest absolute Gasteiger partial charge is 0.417 e. The number of halogens is 3. The number of pyridine rings is 1. The fourth-order valence-corrected chi connectivity index (χ4v) is 7.31. The van der Waals surface area contributed by atoms with Crippen molar-refractivity contribution in [2.75, 3.05) is 6.54 Å². The van der Waals surface area contributed by atoms with Crippen LogP contribution in [0.3, 0.4) is 0 Å². The minimum atomic E-state index is -4.45. The van der Waals surface area contributed by atoms with E-state index in [0.29, 0.717) is 37.1 Å². The molecule has 1 aliphatic heterocycles. The molecule has 3 heterocycles. The van der Waals surface area contributed by atoms with Gasteiger partial charge in [0.25, 0.3) is 0 Å². The first-order chi connectivity index (χ1) is 17.5. The Morgan fingerprint density at radius 1 is 1.19 bits per heavy atom. The maximum absolute atomic E-state index is 13.9. The van der Waals surface area contributed by atoms with Gasteiger partial charge in [0.2, 0.25) is 5.91 Å². The first-order valence-electron chi connectivity index (χ1n) is 13.2. The number of aliphatic hydroxyl groups is 1. The third kappa shape index (κ3) is 5.16. The molecule has 2 aromatic heterocycles. The molecule has 2 atom stereocenters. The van der Waals surface area contributed by atoms with Crippen molar-refractivity contribution >= 4 is 17.2 Å². The second-order valence-electron chi connectivity index (χ2n) is 11.4. The van der Waals surface area contributed by atoms with Gasteiger partial charge in [-0.3, -0.25) is 9.78 Å². The van der Waals surface area contributed by atoms with Crippen LogP contribution in [-0.2, 0) is 29.5 Å². The van der Waals surface area contributed by atoms with Crippen LogP contribution in [-0.4, -0.2) is 44.5 Å². The van der Waals surface area contributed by atoms with E-state index in [1.54, 1.807) is 11.1 Å². The van der Waals surface area contributed by atoms with E-state index in [2.05, 4.69) is 29.1 Å². The van der Waals surface area contributed by atoms with Gasteiger partial charge in [-0.15, -0.1) is 11.3 Å². The van der Waals surface area contributed by atoms with E-state index in [4.69, 9.17) is 0 Å². The van der Waals surface area contributed by atoms with Crippen LogP contribution in [0.25, 0.3) is 0 Å². The molecule has 37 heavy (non-hydrogen) atoms. The SMILES string of the molecule is CC(C)C1(C(=O)N2CCc3ncc(C(F)(F)F)cc3C2)CCC(NC2CCC(O)(c3nccs3)CC2)C1. The van der Waals surface area contributed by atoms with Crippen molar-refractivity contribution in [3.63, 3.8) is 0 Å². The second kappa shape index (κ2) is 9.93. The van der Waals surface area contributed by atoms with Gasteiger partial charge < -0.3 is 15.3 Å². The number of nitrogens with one attached hydrogen (secondary N) is 1. The number of alkyl halides is 3. The fraction of sp³-hybridized carbons (Fsp3) is 0.667. The van der Waals surface area contributed by atoms with Gasteiger partial charge in [0.15, 0.2) is 0 Å². The van der Waals surface area contributed by atoms with Gasteiger partial charge in [0, 0.05) is 55.1 Å². The van der Waals surface area contributed by atoms with Gasteiger partial charge in [-0.2, -0.15) is 13.2 Å². The Morgan fingerprint density at radius 2 is 1.92 bits per heavy atom. The number of hydrogen-bond donors (Lipinski definition) is 2. The molecule has 6 nitrogen and oxygen atoms in total. The van der Waals surface area contributed by atoms with Gasteiger partial charge in [-0.05, 0) is 62.5 Å². The highest BCUT2D eigenvalue weighted by atomic mass is 32.1. The van der Waals surface area contributed by atoms with Crippen LogP contribution < -0.4 is 5.32 Å². The number of fused-ring (bicyclic) bond motifs is 1. The van der Waals surface area contributed by atoms with Gasteiger partial charge in [-0.25, -0.2) is 4.98 Å². The summed E-state index contributed by atoms with van der Waals surface area (Å²) in [5, 5.41) is 17.5. The molecule has 0 spiro atoms. The van der Waals surface area contributed by atoms with Crippen LogP contribution in [0, 0.1) is 11.3 Å². The molecule has 1 amide bonds. The van der Waals surface area contributed by atoms with Gasteiger partial charge in [0.1, 0.15) is 10.6 Å². The van der Waals surface area contributed by atoms with Crippen LogP contribution in [0.2, 0.25) is 0 Å². The Balaban J connectivity index is 1.23. The van der Waals surface area contributed by atoms with E-state index in [1.165, 1.54) is 11.3 Å². The molecule has 2 unspecified atom stereocenters. The standard InChI is InChI=1S/C27H35F3N4O2S/c1-17(2)25(24(35)34-11-6-22-18(16-34)13-19(15-32-22)27(28,29)30)7-3-21(14-25)33-20-4-8-26(36,9-5-20)23-31-10-12-37-23/h10,12-13,15,17,20-21,33,36H,3-9,11,14,16H2,1-2H3. The third-order valence-corrected chi connectivity index (χ3v) is 9.82. The minimum absolute atomic E-state index is 0.0525. The average Bonchev–Trinajstić information content (AvgIpc) is 3.56. The lowest BCUT2D eigenvalue weighted by Gasteiger charge is -2.40. The predicted octanol–water partition coefficient (Wildman–Crippen LogP) is 5.06. The summed E-state index contributed by atoms with van der Waals surface area (Å²) in [6.45, 7) is 4.82. The van der Waals surface area contributed by atoms with Crippen LogP contribution in [0.1, 0.15) is 80.6 Å². The molecule has 0 aromatic carbocycles. The number of nitrogens with zero attached hydrogens (tertiary/aromatic N) is 3. The molecule has 5 rings (SSSR count). The summed E-state index contributed by atoms with van der Waals surface area (Å²) in [5.74, 6) is 0.172. The van der Waals surface area contributed by atoms with Gasteiger partial charge >= 0.3 is 6.18 Å².